The van der Waals surface area contributed by atoms with Gasteiger partial charge < -0.3 is 9.84 Å². The second-order valence-corrected chi connectivity index (χ2v) is 6.60. The molecule has 1 aliphatic carbocycles. The van der Waals surface area contributed by atoms with Crippen LogP contribution in [0.5, 0.6) is 11.5 Å². The van der Waals surface area contributed by atoms with E-state index in [-0.39, 0.29) is 5.60 Å². The highest BCUT2D eigenvalue weighted by Gasteiger charge is 2.45. The third-order valence-corrected chi connectivity index (χ3v) is 4.65. The third-order valence-electron chi connectivity index (χ3n) is 4.65. The van der Waals surface area contributed by atoms with E-state index < -0.39 is 0 Å². The Labute approximate surface area is 115 Å². The number of phenolic OH excluding ortho intramolecular Hbond substituents is 1. The van der Waals surface area contributed by atoms with Crippen LogP contribution in [0.4, 0.5) is 0 Å². The van der Waals surface area contributed by atoms with Gasteiger partial charge in [0.05, 0.1) is 0 Å². The molecule has 1 aromatic rings. The summed E-state index contributed by atoms with van der Waals surface area (Å²) in [7, 11) is 0. The molecule has 0 radical (unpaired) electrons. The first-order valence-electron chi connectivity index (χ1n) is 7.06. The van der Waals surface area contributed by atoms with Crippen LogP contribution in [0.2, 0.25) is 0 Å². The Kier molecular flexibility index (Phi) is 2.67. The fourth-order valence-electron chi connectivity index (χ4n) is 3.70. The minimum atomic E-state index is -0.172. The monoisotopic (exact) mass is 258 g/mol. The van der Waals surface area contributed by atoms with Gasteiger partial charge in [-0.2, -0.15) is 0 Å². The number of hydrogen-bond acceptors (Lipinski definition) is 2. The Morgan fingerprint density at radius 2 is 2.00 bits per heavy atom. The number of aryl methyl sites for hydroxylation is 1. The van der Waals surface area contributed by atoms with Crippen molar-refractivity contribution in [3.8, 4) is 11.5 Å². The van der Waals surface area contributed by atoms with E-state index in [1.54, 1.807) is 0 Å². The van der Waals surface area contributed by atoms with E-state index in [0.29, 0.717) is 17.6 Å². The lowest BCUT2D eigenvalue weighted by Gasteiger charge is -2.47. The van der Waals surface area contributed by atoms with Crippen LogP contribution in [0.15, 0.2) is 23.8 Å². The quantitative estimate of drug-likeness (QED) is 0.703. The lowest BCUT2D eigenvalue weighted by atomic mass is 9.67. The molecule has 0 amide bonds. The van der Waals surface area contributed by atoms with Gasteiger partial charge in [-0.3, -0.25) is 0 Å². The second kappa shape index (κ2) is 4.03. The molecular weight excluding hydrogens is 236 g/mol. The molecule has 0 aromatic heterocycles. The van der Waals surface area contributed by atoms with Crippen LogP contribution >= 0.6 is 0 Å². The number of benzene rings is 1. The average molecular weight is 258 g/mol. The molecular formula is C17H22O2. The molecule has 2 aliphatic rings. The van der Waals surface area contributed by atoms with Gasteiger partial charge in [0.25, 0.3) is 0 Å². The van der Waals surface area contributed by atoms with Crippen molar-refractivity contribution in [1.29, 1.82) is 0 Å². The van der Waals surface area contributed by atoms with Gasteiger partial charge in [-0.1, -0.05) is 11.6 Å². The van der Waals surface area contributed by atoms with Crippen LogP contribution in [-0.4, -0.2) is 10.7 Å². The topological polar surface area (TPSA) is 29.5 Å². The van der Waals surface area contributed by atoms with Gasteiger partial charge in [-0.15, -0.1) is 0 Å². The number of aromatic hydroxyl groups is 1. The van der Waals surface area contributed by atoms with Gasteiger partial charge in [-0.05, 0) is 58.2 Å². The second-order valence-electron chi connectivity index (χ2n) is 6.60. The van der Waals surface area contributed by atoms with Crippen molar-refractivity contribution in [2.24, 2.45) is 5.92 Å². The summed E-state index contributed by atoms with van der Waals surface area (Å²) in [4.78, 5) is 0. The largest absolute Gasteiger partial charge is 0.508 e. The van der Waals surface area contributed by atoms with Crippen molar-refractivity contribution in [2.75, 3.05) is 0 Å². The lowest BCUT2D eigenvalue weighted by Crippen LogP contribution is -2.45. The van der Waals surface area contributed by atoms with Gasteiger partial charge >= 0.3 is 0 Å². The van der Waals surface area contributed by atoms with Gasteiger partial charge in [0, 0.05) is 17.4 Å². The number of allylic oxidation sites excluding steroid dienone is 2. The Bertz CT molecular complexity index is 555. The molecule has 0 spiro atoms. The summed E-state index contributed by atoms with van der Waals surface area (Å²) < 4.78 is 6.20. The molecule has 0 unspecified atom stereocenters. The minimum Gasteiger partial charge on any atom is -0.508 e. The minimum absolute atomic E-state index is 0.172. The van der Waals surface area contributed by atoms with Crippen LogP contribution in [0.3, 0.4) is 0 Å². The van der Waals surface area contributed by atoms with Gasteiger partial charge in [-0.25, -0.2) is 0 Å². The first kappa shape index (κ1) is 12.6. The zero-order valence-corrected chi connectivity index (χ0v) is 12.2. The summed E-state index contributed by atoms with van der Waals surface area (Å²) in [6, 6.07) is 3.91. The molecule has 2 nitrogen and oxygen atoms in total. The smallest absolute Gasteiger partial charge is 0.127 e. The Hall–Kier alpha value is -1.44. The summed E-state index contributed by atoms with van der Waals surface area (Å²) in [5, 5.41) is 10.3. The van der Waals surface area contributed by atoms with Crippen molar-refractivity contribution in [3.05, 3.63) is 34.9 Å². The Morgan fingerprint density at radius 1 is 1.26 bits per heavy atom. The first-order valence-corrected chi connectivity index (χ1v) is 7.06. The zero-order valence-electron chi connectivity index (χ0n) is 12.2. The standard InChI is InChI=1S/C17H22O2/c1-10-5-6-13-12(7-10)16-14(18)8-11(2)9-15(16)19-17(13,3)4/h5,8-9,12-13,18H,6-7H2,1-4H3/t12-,13-/m0/s1. The molecule has 0 bridgehead atoms. The van der Waals surface area contributed by atoms with Gasteiger partial charge in [0.2, 0.25) is 0 Å². The third kappa shape index (κ3) is 1.94. The van der Waals surface area contributed by atoms with Crippen molar-refractivity contribution < 1.29 is 9.84 Å². The van der Waals surface area contributed by atoms with E-state index in [1.165, 1.54) is 5.57 Å². The number of fused-ring (bicyclic) bond motifs is 3. The molecule has 102 valence electrons. The normalized spacial score (nSPS) is 27.9. The molecule has 0 saturated heterocycles. The zero-order chi connectivity index (χ0) is 13.8. The molecule has 3 rings (SSSR count). The molecule has 19 heavy (non-hydrogen) atoms. The number of phenols is 1. The van der Waals surface area contributed by atoms with Crippen LogP contribution in [-0.2, 0) is 0 Å². The summed E-state index contributed by atoms with van der Waals surface area (Å²) in [5.74, 6) is 2.09. The van der Waals surface area contributed by atoms with E-state index in [4.69, 9.17) is 4.74 Å². The fourth-order valence-corrected chi connectivity index (χ4v) is 3.70. The molecule has 0 fully saturated rings. The van der Waals surface area contributed by atoms with E-state index in [2.05, 4.69) is 32.9 Å². The molecule has 1 aromatic carbocycles. The average Bonchev–Trinajstić information content (AvgIpc) is 2.25. The van der Waals surface area contributed by atoms with Gasteiger partial charge in [0.15, 0.2) is 0 Å². The van der Waals surface area contributed by atoms with E-state index in [1.807, 2.05) is 13.0 Å². The van der Waals surface area contributed by atoms with Crippen LogP contribution < -0.4 is 4.74 Å². The maximum Gasteiger partial charge on any atom is 0.127 e. The molecule has 2 heteroatoms. The van der Waals surface area contributed by atoms with E-state index in [0.717, 1.165) is 29.7 Å². The highest BCUT2D eigenvalue weighted by molar-refractivity contribution is 5.52. The highest BCUT2D eigenvalue weighted by Crippen LogP contribution is 2.53. The fraction of sp³-hybridized carbons (Fsp3) is 0.529. The van der Waals surface area contributed by atoms with Crippen molar-refractivity contribution >= 4 is 0 Å². The molecule has 0 saturated carbocycles. The highest BCUT2D eigenvalue weighted by atomic mass is 16.5. The number of hydrogen-bond donors (Lipinski definition) is 1. The van der Waals surface area contributed by atoms with E-state index in [9.17, 15) is 5.11 Å². The van der Waals surface area contributed by atoms with Crippen LogP contribution in [0, 0.1) is 12.8 Å². The number of rotatable bonds is 0. The predicted octanol–water partition coefficient (Wildman–Crippen LogP) is 4.31. The van der Waals surface area contributed by atoms with E-state index >= 15 is 0 Å². The first-order chi connectivity index (χ1) is 8.88. The summed E-state index contributed by atoms with van der Waals surface area (Å²) in [6.07, 6.45) is 4.39. The summed E-state index contributed by atoms with van der Waals surface area (Å²) >= 11 is 0. The van der Waals surface area contributed by atoms with Crippen molar-refractivity contribution in [1.82, 2.24) is 0 Å². The maximum absolute atomic E-state index is 10.3. The lowest BCUT2D eigenvalue weighted by molar-refractivity contribution is 0.00756. The Balaban J connectivity index is 2.17. The summed E-state index contributed by atoms with van der Waals surface area (Å²) in [6.45, 7) is 8.51. The van der Waals surface area contributed by atoms with Crippen molar-refractivity contribution in [2.45, 2.75) is 52.1 Å². The van der Waals surface area contributed by atoms with Crippen molar-refractivity contribution in [3.63, 3.8) is 0 Å². The molecule has 1 N–H and O–H groups in total. The molecule has 1 aliphatic heterocycles. The summed E-state index contributed by atoms with van der Waals surface area (Å²) in [5.41, 5.74) is 3.32. The Morgan fingerprint density at radius 3 is 2.74 bits per heavy atom. The predicted molar refractivity (Wildman–Crippen MR) is 76.8 cm³/mol. The number of ether oxygens (including phenoxy) is 1. The van der Waals surface area contributed by atoms with Crippen LogP contribution in [0.25, 0.3) is 0 Å². The maximum atomic E-state index is 10.3. The van der Waals surface area contributed by atoms with Crippen LogP contribution in [0.1, 0.15) is 50.7 Å². The molecule has 1 heterocycles. The molecule has 2 atom stereocenters. The van der Waals surface area contributed by atoms with Gasteiger partial charge in [0.1, 0.15) is 17.1 Å². The SMILES string of the molecule is CC1=CC[C@H]2[C@H](C1)c1c(O)cc(C)cc1OC2(C)C.